The lowest BCUT2D eigenvalue weighted by Crippen LogP contribution is -2.54. The van der Waals surface area contributed by atoms with Crippen LogP contribution in [0.15, 0.2) is 54.6 Å². The van der Waals surface area contributed by atoms with Crippen molar-refractivity contribution in [2.24, 2.45) is 11.8 Å². The Bertz CT molecular complexity index is 1120. The minimum absolute atomic E-state index is 0.181. The molecule has 1 amide bonds. The molecule has 0 radical (unpaired) electrons. The summed E-state index contributed by atoms with van der Waals surface area (Å²) in [5, 5.41) is 0. The third-order valence-corrected chi connectivity index (χ3v) is 6.43. The molecule has 5 rings (SSSR count). The highest BCUT2D eigenvalue weighted by molar-refractivity contribution is 6.07. The molecule has 7 nitrogen and oxygen atoms in total. The fourth-order valence-electron chi connectivity index (χ4n) is 5.02. The second-order valence-electron chi connectivity index (χ2n) is 8.11. The van der Waals surface area contributed by atoms with Crippen LogP contribution in [0, 0.1) is 11.8 Å². The average Bonchev–Trinajstić information content (AvgIpc) is 3.11. The summed E-state index contributed by atoms with van der Waals surface area (Å²) in [6.07, 6.45) is 1.31. The first-order valence-corrected chi connectivity index (χ1v) is 10.7. The molecule has 2 aromatic carbocycles. The molecule has 1 saturated heterocycles. The van der Waals surface area contributed by atoms with Crippen LogP contribution in [0.1, 0.15) is 28.4 Å². The molecule has 2 heterocycles. The van der Waals surface area contributed by atoms with Gasteiger partial charge in [0.1, 0.15) is 11.7 Å². The van der Waals surface area contributed by atoms with E-state index in [-0.39, 0.29) is 12.5 Å². The largest absolute Gasteiger partial charge is 0.497 e. The lowest BCUT2D eigenvalue weighted by Gasteiger charge is -2.45. The van der Waals surface area contributed by atoms with Crippen molar-refractivity contribution in [2.75, 3.05) is 13.7 Å². The van der Waals surface area contributed by atoms with Gasteiger partial charge in [0.25, 0.3) is 5.91 Å². The summed E-state index contributed by atoms with van der Waals surface area (Å²) in [4.78, 5) is 40.7. The predicted octanol–water partition coefficient (Wildman–Crippen LogP) is 2.84. The average molecular weight is 433 g/mol. The Labute approximate surface area is 185 Å². The standard InChI is InChI=1S/C25H23NO6/c1-3-31-19-12-18-16-6-4-5-7-17(16)23(27)26(13-14-8-10-15(30-2)11-9-14)22(18)21-20(19)24(28)32-25(21)29/h4-12,19-22H,3,13H2,1-2H3/t19-,20-,21-,22+/m0/s1. The number of carbonyl (C=O) groups is 3. The summed E-state index contributed by atoms with van der Waals surface area (Å²) in [5.41, 5.74) is 3.04. The number of fused-ring (bicyclic) bond motifs is 5. The van der Waals surface area contributed by atoms with Gasteiger partial charge in [0.15, 0.2) is 0 Å². The molecule has 4 atom stereocenters. The van der Waals surface area contributed by atoms with E-state index >= 15 is 0 Å². The molecule has 1 aliphatic carbocycles. The molecule has 3 aliphatic rings. The molecule has 0 N–H and O–H groups in total. The van der Waals surface area contributed by atoms with Crippen LogP contribution in [-0.2, 0) is 25.6 Å². The van der Waals surface area contributed by atoms with E-state index in [1.54, 1.807) is 18.1 Å². The number of benzene rings is 2. The number of ether oxygens (including phenoxy) is 3. The summed E-state index contributed by atoms with van der Waals surface area (Å²) in [6, 6.07) is 14.2. The number of nitrogens with zero attached hydrogens (tertiary/aromatic N) is 1. The van der Waals surface area contributed by atoms with Gasteiger partial charge in [-0.25, -0.2) is 0 Å². The Morgan fingerprint density at radius 2 is 1.62 bits per heavy atom. The molecule has 1 fully saturated rings. The minimum atomic E-state index is -0.811. The number of hydrogen-bond donors (Lipinski definition) is 0. The lowest BCUT2D eigenvalue weighted by atomic mass is 9.70. The number of carbonyl (C=O) groups excluding carboxylic acids is 3. The number of rotatable bonds is 5. The van der Waals surface area contributed by atoms with Crippen molar-refractivity contribution in [3.63, 3.8) is 0 Å². The SMILES string of the molecule is CCO[C@H]1C=C2c3ccccc3C(=O)N(Cc3ccc(OC)cc3)[C@H]2[C@H]2C(=O)OC(=O)[C@H]21. The van der Waals surface area contributed by atoms with Crippen LogP contribution in [0.2, 0.25) is 0 Å². The molecular weight excluding hydrogens is 410 g/mol. The van der Waals surface area contributed by atoms with E-state index in [0.29, 0.717) is 17.9 Å². The smallest absolute Gasteiger partial charge is 0.320 e. The molecule has 0 unspecified atom stereocenters. The molecule has 7 heteroatoms. The van der Waals surface area contributed by atoms with Gasteiger partial charge in [0.2, 0.25) is 0 Å². The first kappa shape index (κ1) is 20.5. The lowest BCUT2D eigenvalue weighted by molar-refractivity contribution is -0.154. The maximum atomic E-state index is 13.6. The van der Waals surface area contributed by atoms with Crippen LogP contribution < -0.4 is 4.74 Å². The van der Waals surface area contributed by atoms with Gasteiger partial charge in [-0.3, -0.25) is 14.4 Å². The quantitative estimate of drug-likeness (QED) is 0.533. The summed E-state index contributed by atoms with van der Waals surface area (Å²) in [7, 11) is 1.59. The maximum absolute atomic E-state index is 13.6. The molecule has 0 bridgehead atoms. The second kappa shape index (κ2) is 7.91. The highest BCUT2D eigenvalue weighted by atomic mass is 16.6. The molecule has 0 saturated carbocycles. The van der Waals surface area contributed by atoms with Crippen molar-refractivity contribution >= 4 is 23.4 Å². The minimum Gasteiger partial charge on any atom is -0.497 e. The molecule has 2 aromatic rings. The third kappa shape index (κ3) is 3.12. The maximum Gasteiger partial charge on any atom is 0.320 e. The predicted molar refractivity (Wildman–Crippen MR) is 115 cm³/mol. The number of amides is 1. The normalized spacial score (nSPS) is 26.1. The van der Waals surface area contributed by atoms with Crippen LogP contribution in [0.5, 0.6) is 5.75 Å². The highest BCUT2D eigenvalue weighted by Gasteiger charge is 2.58. The first-order chi connectivity index (χ1) is 15.5. The van der Waals surface area contributed by atoms with Crippen molar-refractivity contribution in [3.05, 3.63) is 71.3 Å². The number of methoxy groups -OCH3 is 1. The van der Waals surface area contributed by atoms with Crippen molar-refractivity contribution in [2.45, 2.75) is 25.6 Å². The van der Waals surface area contributed by atoms with Gasteiger partial charge in [-0.2, -0.15) is 0 Å². The third-order valence-electron chi connectivity index (χ3n) is 6.43. The van der Waals surface area contributed by atoms with Gasteiger partial charge in [-0.1, -0.05) is 30.3 Å². The summed E-state index contributed by atoms with van der Waals surface area (Å²) < 4.78 is 16.1. The van der Waals surface area contributed by atoms with Crippen LogP contribution in [0.3, 0.4) is 0 Å². The monoisotopic (exact) mass is 433 g/mol. The summed E-state index contributed by atoms with van der Waals surface area (Å²) in [6.45, 7) is 2.51. The van der Waals surface area contributed by atoms with Gasteiger partial charge < -0.3 is 19.1 Å². The van der Waals surface area contributed by atoms with E-state index in [0.717, 1.165) is 16.7 Å². The fourth-order valence-corrected chi connectivity index (χ4v) is 5.02. The van der Waals surface area contributed by atoms with Crippen molar-refractivity contribution in [3.8, 4) is 5.75 Å². The van der Waals surface area contributed by atoms with Gasteiger partial charge in [-0.05, 0) is 47.9 Å². The Kier molecular flexibility index (Phi) is 5.06. The van der Waals surface area contributed by atoms with Gasteiger partial charge in [0, 0.05) is 18.7 Å². The zero-order chi connectivity index (χ0) is 22.4. The highest BCUT2D eigenvalue weighted by Crippen LogP contribution is 2.47. The van der Waals surface area contributed by atoms with Crippen LogP contribution in [0.4, 0.5) is 0 Å². The fraction of sp³-hybridized carbons (Fsp3) is 0.320. The van der Waals surface area contributed by atoms with Gasteiger partial charge in [0.05, 0.1) is 25.2 Å². The molecule has 0 aromatic heterocycles. The van der Waals surface area contributed by atoms with E-state index in [2.05, 4.69) is 0 Å². The van der Waals surface area contributed by atoms with Crippen molar-refractivity contribution in [1.29, 1.82) is 0 Å². The Morgan fingerprint density at radius 3 is 2.31 bits per heavy atom. The number of esters is 2. The summed E-state index contributed by atoms with van der Waals surface area (Å²) in [5.74, 6) is -2.25. The summed E-state index contributed by atoms with van der Waals surface area (Å²) >= 11 is 0. The van der Waals surface area contributed by atoms with E-state index < -0.39 is 35.9 Å². The Morgan fingerprint density at radius 1 is 0.938 bits per heavy atom. The van der Waals surface area contributed by atoms with Crippen molar-refractivity contribution < 1.29 is 28.6 Å². The van der Waals surface area contributed by atoms with Crippen molar-refractivity contribution in [1.82, 2.24) is 4.90 Å². The van der Waals surface area contributed by atoms with E-state index in [1.165, 1.54) is 0 Å². The molecule has 2 aliphatic heterocycles. The molecule has 32 heavy (non-hydrogen) atoms. The topological polar surface area (TPSA) is 82.1 Å². The zero-order valence-electron chi connectivity index (χ0n) is 17.8. The molecular formula is C25H23NO6. The first-order valence-electron chi connectivity index (χ1n) is 10.7. The van der Waals surface area contributed by atoms with Crippen LogP contribution in [0.25, 0.3) is 5.57 Å². The number of hydrogen-bond acceptors (Lipinski definition) is 6. The Hall–Kier alpha value is -3.45. The van der Waals surface area contributed by atoms with E-state index in [9.17, 15) is 14.4 Å². The second-order valence-corrected chi connectivity index (χ2v) is 8.11. The van der Waals surface area contributed by atoms with E-state index in [4.69, 9.17) is 14.2 Å². The molecule has 0 spiro atoms. The van der Waals surface area contributed by atoms with Gasteiger partial charge >= 0.3 is 11.9 Å². The van der Waals surface area contributed by atoms with Crippen LogP contribution in [-0.4, -0.2) is 48.6 Å². The number of cyclic esters (lactones) is 2. The Balaban J connectivity index is 1.64. The van der Waals surface area contributed by atoms with E-state index in [1.807, 2.05) is 55.5 Å². The van der Waals surface area contributed by atoms with Gasteiger partial charge in [-0.15, -0.1) is 0 Å². The van der Waals surface area contributed by atoms with Crippen LogP contribution >= 0.6 is 0 Å². The zero-order valence-corrected chi connectivity index (χ0v) is 17.8. The molecule has 164 valence electrons.